The highest BCUT2D eigenvalue weighted by Crippen LogP contribution is 2.16. The fourth-order valence-corrected chi connectivity index (χ4v) is 2.30. The maximum atomic E-state index is 11.9. The predicted octanol–water partition coefficient (Wildman–Crippen LogP) is 2.68. The Hall–Kier alpha value is -3.02. The first-order valence-electron chi connectivity index (χ1n) is 7.11. The number of carboxylic acid groups (broad SMARTS) is 1. The Morgan fingerprint density at radius 3 is 2.65 bits per heavy atom. The summed E-state index contributed by atoms with van der Waals surface area (Å²) in [6.07, 6.45) is 0. The number of benzene rings is 2. The van der Waals surface area contributed by atoms with E-state index in [-0.39, 0.29) is 11.1 Å². The van der Waals surface area contributed by atoms with Crippen molar-refractivity contribution in [2.24, 2.45) is 0 Å². The van der Waals surface area contributed by atoms with Crippen molar-refractivity contribution in [2.45, 2.75) is 13.5 Å². The second-order valence-corrected chi connectivity index (χ2v) is 5.17. The zero-order valence-corrected chi connectivity index (χ0v) is 12.5. The van der Waals surface area contributed by atoms with Gasteiger partial charge in [-0.1, -0.05) is 17.7 Å². The van der Waals surface area contributed by atoms with Gasteiger partial charge in [0.25, 0.3) is 0 Å². The van der Waals surface area contributed by atoms with Crippen LogP contribution < -0.4 is 10.5 Å². The lowest BCUT2D eigenvalue weighted by molar-refractivity contribution is 0.0697. The maximum absolute atomic E-state index is 11.9. The standard InChI is InChI=1S/C17H15NO5/c1-11-2-5-13(6-3-11)22-9-8-18-14-7-4-12(16(19)20)10-15(14)23-17(18)21/h2-7,10H,8-9H2,1H3,(H,19,20). The molecule has 3 rings (SSSR count). The van der Waals surface area contributed by atoms with Crippen LogP contribution in [0.5, 0.6) is 5.75 Å². The molecule has 0 radical (unpaired) electrons. The van der Waals surface area contributed by atoms with Crippen molar-refractivity contribution in [3.63, 3.8) is 0 Å². The van der Waals surface area contributed by atoms with Crippen LogP contribution >= 0.6 is 0 Å². The number of oxazole rings is 1. The summed E-state index contributed by atoms with van der Waals surface area (Å²) in [5, 5.41) is 8.96. The summed E-state index contributed by atoms with van der Waals surface area (Å²) in [6, 6.07) is 12.0. The Labute approximate surface area is 131 Å². The van der Waals surface area contributed by atoms with Crippen LogP contribution in [0.25, 0.3) is 11.1 Å². The molecule has 6 nitrogen and oxygen atoms in total. The van der Waals surface area contributed by atoms with Gasteiger partial charge in [-0.25, -0.2) is 9.59 Å². The molecule has 23 heavy (non-hydrogen) atoms. The second kappa shape index (κ2) is 6.00. The fourth-order valence-electron chi connectivity index (χ4n) is 2.30. The Bertz CT molecular complexity index is 905. The number of carboxylic acids is 1. The number of rotatable bonds is 5. The largest absolute Gasteiger partial charge is 0.492 e. The Morgan fingerprint density at radius 2 is 1.96 bits per heavy atom. The molecule has 0 atom stereocenters. The first kappa shape index (κ1) is 14.9. The lowest BCUT2D eigenvalue weighted by Gasteiger charge is -2.07. The molecular formula is C17H15NO5. The van der Waals surface area contributed by atoms with Gasteiger partial charge in [0.1, 0.15) is 12.4 Å². The molecule has 0 aliphatic heterocycles. The van der Waals surface area contributed by atoms with Crippen molar-refractivity contribution in [1.29, 1.82) is 0 Å². The van der Waals surface area contributed by atoms with Gasteiger partial charge in [-0.2, -0.15) is 0 Å². The monoisotopic (exact) mass is 313 g/mol. The summed E-state index contributed by atoms with van der Waals surface area (Å²) in [4.78, 5) is 22.8. The van der Waals surface area contributed by atoms with E-state index in [1.807, 2.05) is 31.2 Å². The molecule has 0 saturated carbocycles. The van der Waals surface area contributed by atoms with E-state index in [9.17, 15) is 9.59 Å². The van der Waals surface area contributed by atoms with Crippen LogP contribution in [0.3, 0.4) is 0 Å². The van der Waals surface area contributed by atoms with Crippen LogP contribution in [-0.2, 0) is 6.54 Å². The molecule has 0 saturated heterocycles. The van der Waals surface area contributed by atoms with Gasteiger partial charge in [0, 0.05) is 0 Å². The van der Waals surface area contributed by atoms with E-state index in [0.29, 0.717) is 18.7 Å². The van der Waals surface area contributed by atoms with Crippen LogP contribution in [0.4, 0.5) is 0 Å². The number of aromatic carboxylic acids is 1. The molecule has 0 bridgehead atoms. The molecule has 3 aromatic rings. The van der Waals surface area contributed by atoms with Crippen LogP contribution in [0.15, 0.2) is 51.7 Å². The zero-order valence-electron chi connectivity index (χ0n) is 12.5. The maximum Gasteiger partial charge on any atom is 0.420 e. The minimum atomic E-state index is -1.06. The minimum absolute atomic E-state index is 0.0781. The summed E-state index contributed by atoms with van der Waals surface area (Å²) in [5.41, 5.74) is 2.02. The third-order valence-corrected chi connectivity index (χ3v) is 3.52. The third kappa shape index (κ3) is 3.11. The zero-order chi connectivity index (χ0) is 16.4. The van der Waals surface area contributed by atoms with Gasteiger partial charge in [0.2, 0.25) is 0 Å². The molecule has 0 aliphatic rings. The normalized spacial score (nSPS) is 10.8. The summed E-state index contributed by atoms with van der Waals surface area (Å²) in [5.74, 6) is -0.871. The van der Waals surface area contributed by atoms with Crippen molar-refractivity contribution in [1.82, 2.24) is 4.57 Å². The van der Waals surface area contributed by atoms with E-state index >= 15 is 0 Å². The molecule has 0 fully saturated rings. The SMILES string of the molecule is Cc1ccc(OCCn2c(=O)oc3cc(C(=O)O)ccc32)cc1. The highest BCUT2D eigenvalue weighted by molar-refractivity contribution is 5.91. The number of ether oxygens (including phenoxy) is 1. The van der Waals surface area contributed by atoms with Crippen LogP contribution in [0, 0.1) is 6.92 Å². The van der Waals surface area contributed by atoms with Crippen LogP contribution in [0.1, 0.15) is 15.9 Å². The van der Waals surface area contributed by atoms with Crippen molar-refractivity contribution < 1.29 is 19.1 Å². The Kier molecular flexibility index (Phi) is 3.89. The number of aryl methyl sites for hydroxylation is 1. The molecule has 0 spiro atoms. The van der Waals surface area contributed by atoms with Gasteiger partial charge in [0.05, 0.1) is 17.6 Å². The molecule has 1 aromatic heterocycles. The van der Waals surface area contributed by atoms with E-state index in [2.05, 4.69) is 0 Å². The first-order chi connectivity index (χ1) is 11.0. The number of carbonyl (C=O) groups is 1. The second-order valence-electron chi connectivity index (χ2n) is 5.17. The number of hydrogen-bond donors (Lipinski definition) is 1. The van der Waals surface area contributed by atoms with Gasteiger partial charge >= 0.3 is 11.7 Å². The van der Waals surface area contributed by atoms with Gasteiger partial charge in [-0.3, -0.25) is 4.57 Å². The molecule has 0 aliphatic carbocycles. The van der Waals surface area contributed by atoms with E-state index in [0.717, 1.165) is 11.3 Å². The molecular weight excluding hydrogens is 298 g/mol. The van der Waals surface area contributed by atoms with Crippen molar-refractivity contribution in [2.75, 3.05) is 6.61 Å². The van der Waals surface area contributed by atoms with Crippen molar-refractivity contribution in [3.8, 4) is 5.75 Å². The van der Waals surface area contributed by atoms with E-state index < -0.39 is 11.7 Å². The van der Waals surface area contributed by atoms with Crippen molar-refractivity contribution in [3.05, 3.63) is 64.1 Å². The number of fused-ring (bicyclic) bond motifs is 1. The first-order valence-corrected chi connectivity index (χ1v) is 7.11. The van der Waals surface area contributed by atoms with Gasteiger partial charge in [-0.05, 0) is 37.3 Å². The summed E-state index contributed by atoms with van der Waals surface area (Å²) < 4.78 is 12.1. The molecule has 1 heterocycles. The highest BCUT2D eigenvalue weighted by Gasteiger charge is 2.12. The smallest absolute Gasteiger partial charge is 0.420 e. The van der Waals surface area contributed by atoms with E-state index in [4.69, 9.17) is 14.3 Å². The van der Waals surface area contributed by atoms with Gasteiger partial charge < -0.3 is 14.3 Å². The van der Waals surface area contributed by atoms with Crippen LogP contribution in [0.2, 0.25) is 0 Å². The summed E-state index contributed by atoms with van der Waals surface area (Å²) >= 11 is 0. The molecule has 0 unspecified atom stereocenters. The molecule has 6 heteroatoms. The topological polar surface area (TPSA) is 81.7 Å². The highest BCUT2D eigenvalue weighted by atomic mass is 16.5. The third-order valence-electron chi connectivity index (χ3n) is 3.52. The predicted molar refractivity (Wildman–Crippen MR) is 84.1 cm³/mol. The number of hydrogen-bond acceptors (Lipinski definition) is 4. The average molecular weight is 313 g/mol. The number of aromatic nitrogens is 1. The Balaban J connectivity index is 1.77. The fraction of sp³-hybridized carbons (Fsp3) is 0.176. The number of nitrogens with zero attached hydrogens (tertiary/aromatic N) is 1. The van der Waals surface area contributed by atoms with E-state index in [1.165, 1.54) is 16.7 Å². The molecule has 1 N–H and O–H groups in total. The van der Waals surface area contributed by atoms with Crippen LogP contribution in [-0.4, -0.2) is 22.2 Å². The van der Waals surface area contributed by atoms with Gasteiger partial charge in [0.15, 0.2) is 5.58 Å². The lowest BCUT2D eigenvalue weighted by Crippen LogP contribution is -2.18. The minimum Gasteiger partial charge on any atom is -0.492 e. The Morgan fingerprint density at radius 1 is 1.22 bits per heavy atom. The summed E-state index contributed by atoms with van der Waals surface area (Å²) in [7, 11) is 0. The van der Waals surface area contributed by atoms with Gasteiger partial charge in [-0.15, -0.1) is 0 Å². The average Bonchev–Trinajstić information content (AvgIpc) is 2.84. The van der Waals surface area contributed by atoms with Crippen molar-refractivity contribution >= 4 is 17.1 Å². The quantitative estimate of drug-likeness (QED) is 0.783. The summed E-state index contributed by atoms with van der Waals surface area (Å²) in [6.45, 7) is 2.61. The molecule has 118 valence electrons. The molecule has 2 aromatic carbocycles. The van der Waals surface area contributed by atoms with E-state index in [1.54, 1.807) is 6.07 Å². The lowest BCUT2D eigenvalue weighted by atomic mass is 10.2. The molecule has 0 amide bonds.